The Kier molecular flexibility index (Phi) is 4.73. The molecule has 0 aliphatic carbocycles. The molecule has 0 radical (unpaired) electrons. The number of aryl methyl sites for hydroxylation is 1. The molecule has 1 heterocycles. The fourth-order valence-corrected chi connectivity index (χ4v) is 1.98. The standard InChI is InChI=1S/C13H17F2N5/c1-3-6-16-12(8-13-17-19-20(2)18-13)10-5-4-9(14)7-11(10)15/h4-5,7,12,16H,3,6,8H2,1-2H3. The topological polar surface area (TPSA) is 55.6 Å². The summed E-state index contributed by atoms with van der Waals surface area (Å²) >= 11 is 0. The van der Waals surface area contributed by atoms with Gasteiger partial charge >= 0.3 is 0 Å². The number of hydrogen-bond acceptors (Lipinski definition) is 4. The van der Waals surface area contributed by atoms with Crippen LogP contribution in [0.2, 0.25) is 0 Å². The second-order valence-electron chi connectivity index (χ2n) is 4.57. The van der Waals surface area contributed by atoms with E-state index in [4.69, 9.17) is 0 Å². The average molecular weight is 281 g/mol. The summed E-state index contributed by atoms with van der Waals surface area (Å²) in [6.45, 7) is 2.74. The molecule has 1 aromatic heterocycles. The first kappa shape index (κ1) is 14.5. The van der Waals surface area contributed by atoms with Crippen molar-refractivity contribution in [1.82, 2.24) is 25.5 Å². The Bertz CT molecular complexity index is 570. The van der Waals surface area contributed by atoms with Gasteiger partial charge in [-0.25, -0.2) is 8.78 Å². The van der Waals surface area contributed by atoms with E-state index in [9.17, 15) is 8.78 Å². The molecular weight excluding hydrogens is 264 g/mol. The summed E-state index contributed by atoms with van der Waals surface area (Å²) in [6, 6.07) is 3.29. The Balaban J connectivity index is 2.22. The lowest BCUT2D eigenvalue weighted by molar-refractivity contribution is 0.483. The van der Waals surface area contributed by atoms with Crippen LogP contribution in [-0.4, -0.2) is 26.8 Å². The molecule has 0 saturated carbocycles. The Morgan fingerprint density at radius 2 is 2.15 bits per heavy atom. The normalized spacial score (nSPS) is 12.6. The van der Waals surface area contributed by atoms with E-state index in [0.29, 0.717) is 17.8 Å². The maximum absolute atomic E-state index is 13.9. The van der Waals surface area contributed by atoms with Crippen LogP contribution < -0.4 is 5.32 Å². The van der Waals surface area contributed by atoms with Crippen LogP contribution in [0, 0.1) is 11.6 Å². The largest absolute Gasteiger partial charge is 0.309 e. The molecule has 0 saturated heterocycles. The first-order chi connectivity index (χ1) is 9.60. The molecule has 5 nitrogen and oxygen atoms in total. The van der Waals surface area contributed by atoms with Crippen molar-refractivity contribution in [3.8, 4) is 0 Å². The molecule has 1 N–H and O–H groups in total. The summed E-state index contributed by atoms with van der Waals surface area (Å²) in [5, 5.41) is 15.0. The highest BCUT2D eigenvalue weighted by molar-refractivity contribution is 5.23. The summed E-state index contributed by atoms with van der Waals surface area (Å²) in [4.78, 5) is 1.35. The van der Waals surface area contributed by atoms with Gasteiger partial charge in [0.2, 0.25) is 0 Å². The quantitative estimate of drug-likeness (QED) is 0.877. The van der Waals surface area contributed by atoms with E-state index in [-0.39, 0.29) is 6.04 Å². The lowest BCUT2D eigenvalue weighted by Crippen LogP contribution is -2.25. The smallest absolute Gasteiger partial charge is 0.176 e. The lowest BCUT2D eigenvalue weighted by Gasteiger charge is -2.18. The maximum Gasteiger partial charge on any atom is 0.176 e. The zero-order chi connectivity index (χ0) is 14.5. The fourth-order valence-electron chi connectivity index (χ4n) is 1.98. The van der Waals surface area contributed by atoms with Gasteiger partial charge in [0.25, 0.3) is 0 Å². The second-order valence-corrected chi connectivity index (χ2v) is 4.57. The first-order valence-electron chi connectivity index (χ1n) is 6.51. The molecule has 0 fully saturated rings. The van der Waals surface area contributed by atoms with Crippen LogP contribution in [0.5, 0.6) is 0 Å². The van der Waals surface area contributed by atoms with Crippen LogP contribution in [0.4, 0.5) is 8.78 Å². The van der Waals surface area contributed by atoms with E-state index in [2.05, 4.69) is 20.7 Å². The molecular formula is C13H17F2N5. The van der Waals surface area contributed by atoms with Crippen molar-refractivity contribution < 1.29 is 8.78 Å². The molecule has 0 aliphatic rings. The van der Waals surface area contributed by atoms with Gasteiger partial charge in [-0.1, -0.05) is 13.0 Å². The predicted octanol–water partition coefficient (Wildman–Crippen LogP) is 1.77. The Morgan fingerprint density at radius 3 is 2.75 bits per heavy atom. The highest BCUT2D eigenvalue weighted by Gasteiger charge is 2.18. The molecule has 1 unspecified atom stereocenters. The number of rotatable bonds is 6. The van der Waals surface area contributed by atoms with Crippen LogP contribution in [0.25, 0.3) is 0 Å². The van der Waals surface area contributed by atoms with Crippen molar-refractivity contribution in [2.24, 2.45) is 7.05 Å². The van der Waals surface area contributed by atoms with Crippen LogP contribution in [0.1, 0.15) is 30.8 Å². The second kappa shape index (κ2) is 6.51. The minimum atomic E-state index is -0.585. The van der Waals surface area contributed by atoms with Crippen LogP contribution >= 0.6 is 0 Å². The van der Waals surface area contributed by atoms with Gasteiger partial charge in [-0.2, -0.15) is 4.80 Å². The summed E-state index contributed by atoms with van der Waals surface area (Å²) in [7, 11) is 1.67. The van der Waals surface area contributed by atoms with Crippen LogP contribution in [-0.2, 0) is 13.5 Å². The SMILES string of the molecule is CCCNC(Cc1nnn(C)n1)c1ccc(F)cc1F. The molecule has 20 heavy (non-hydrogen) atoms. The number of nitrogens with one attached hydrogen (secondary N) is 1. The molecule has 0 amide bonds. The zero-order valence-corrected chi connectivity index (χ0v) is 11.5. The third kappa shape index (κ3) is 3.57. The fraction of sp³-hybridized carbons (Fsp3) is 0.462. The monoisotopic (exact) mass is 281 g/mol. The minimum absolute atomic E-state index is 0.306. The Morgan fingerprint density at radius 1 is 1.35 bits per heavy atom. The molecule has 0 bridgehead atoms. The van der Waals surface area contributed by atoms with Crippen LogP contribution in [0.3, 0.4) is 0 Å². The number of aromatic nitrogens is 4. The van der Waals surface area contributed by atoms with E-state index in [1.54, 1.807) is 7.05 Å². The molecule has 0 spiro atoms. The van der Waals surface area contributed by atoms with Gasteiger partial charge in [-0.05, 0) is 24.2 Å². The first-order valence-corrected chi connectivity index (χ1v) is 6.51. The number of benzene rings is 1. The molecule has 7 heteroatoms. The van der Waals surface area contributed by atoms with E-state index in [1.807, 2.05) is 6.92 Å². The third-order valence-corrected chi connectivity index (χ3v) is 2.92. The van der Waals surface area contributed by atoms with E-state index in [0.717, 1.165) is 19.0 Å². The van der Waals surface area contributed by atoms with Gasteiger partial charge < -0.3 is 5.32 Å². The maximum atomic E-state index is 13.9. The molecule has 108 valence electrons. The Hall–Kier alpha value is -1.89. The molecule has 2 aromatic rings. The van der Waals surface area contributed by atoms with Crippen molar-refractivity contribution in [2.75, 3.05) is 6.54 Å². The van der Waals surface area contributed by atoms with E-state index >= 15 is 0 Å². The zero-order valence-electron chi connectivity index (χ0n) is 11.5. The average Bonchev–Trinajstić information content (AvgIpc) is 2.80. The van der Waals surface area contributed by atoms with Crippen molar-refractivity contribution in [1.29, 1.82) is 0 Å². The van der Waals surface area contributed by atoms with E-state index in [1.165, 1.54) is 16.9 Å². The highest BCUT2D eigenvalue weighted by Crippen LogP contribution is 2.21. The summed E-state index contributed by atoms with van der Waals surface area (Å²) in [5.41, 5.74) is 0.410. The number of tetrazole rings is 1. The third-order valence-electron chi connectivity index (χ3n) is 2.92. The molecule has 2 rings (SSSR count). The van der Waals surface area contributed by atoms with Gasteiger partial charge in [0.1, 0.15) is 11.6 Å². The number of halogens is 2. The van der Waals surface area contributed by atoms with Crippen molar-refractivity contribution >= 4 is 0 Å². The van der Waals surface area contributed by atoms with Crippen molar-refractivity contribution in [3.63, 3.8) is 0 Å². The van der Waals surface area contributed by atoms with Gasteiger partial charge in [0.05, 0.1) is 7.05 Å². The van der Waals surface area contributed by atoms with Gasteiger partial charge in [0, 0.05) is 24.1 Å². The summed E-state index contributed by atoms with van der Waals surface area (Å²) in [6.07, 6.45) is 1.31. The number of nitrogens with zero attached hydrogens (tertiary/aromatic N) is 4. The molecule has 0 aliphatic heterocycles. The summed E-state index contributed by atoms with van der Waals surface area (Å²) < 4.78 is 26.9. The highest BCUT2D eigenvalue weighted by atomic mass is 19.1. The Labute approximate surface area is 116 Å². The van der Waals surface area contributed by atoms with Crippen molar-refractivity contribution in [2.45, 2.75) is 25.8 Å². The van der Waals surface area contributed by atoms with Gasteiger partial charge in [0.15, 0.2) is 5.82 Å². The minimum Gasteiger partial charge on any atom is -0.309 e. The van der Waals surface area contributed by atoms with Gasteiger partial charge in [-0.15, -0.1) is 10.2 Å². The molecule has 1 atom stereocenters. The lowest BCUT2D eigenvalue weighted by atomic mass is 10.0. The van der Waals surface area contributed by atoms with E-state index < -0.39 is 11.6 Å². The summed E-state index contributed by atoms with van der Waals surface area (Å²) in [5.74, 6) is -0.634. The van der Waals surface area contributed by atoms with Crippen molar-refractivity contribution in [3.05, 3.63) is 41.2 Å². The van der Waals surface area contributed by atoms with Crippen LogP contribution in [0.15, 0.2) is 18.2 Å². The van der Waals surface area contributed by atoms with Gasteiger partial charge in [-0.3, -0.25) is 0 Å². The molecule has 1 aromatic carbocycles. The predicted molar refractivity (Wildman–Crippen MR) is 69.9 cm³/mol. The number of hydrogen-bond donors (Lipinski definition) is 1.